The predicted octanol–water partition coefficient (Wildman–Crippen LogP) is 0.672. The lowest BCUT2D eigenvalue weighted by Gasteiger charge is -1.90. The number of carboxylic acids is 1. The number of aromatic nitrogens is 1. The molecule has 0 aromatic carbocycles. The van der Waals surface area contributed by atoms with E-state index in [1.807, 2.05) is 0 Å². The average Bonchev–Trinajstić information content (AvgIpc) is 2.35. The van der Waals surface area contributed by atoms with Crippen LogP contribution in [0.3, 0.4) is 0 Å². The van der Waals surface area contributed by atoms with Gasteiger partial charge in [-0.2, -0.15) is 0 Å². The number of rotatable bonds is 3. The second kappa shape index (κ2) is 3.01. The van der Waals surface area contributed by atoms with Crippen LogP contribution in [0, 0.1) is 0 Å². The molecule has 0 aliphatic carbocycles. The van der Waals surface area contributed by atoms with E-state index in [1.165, 1.54) is 0 Å². The molecule has 1 aromatic heterocycles. The van der Waals surface area contributed by atoms with Crippen molar-refractivity contribution in [3.8, 4) is 0 Å². The average molecular weight is 153 g/mol. The third-order valence-electron chi connectivity index (χ3n) is 1.21. The van der Waals surface area contributed by atoms with E-state index in [-0.39, 0.29) is 0 Å². The molecule has 2 N–H and O–H groups in total. The van der Waals surface area contributed by atoms with Crippen LogP contribution in [0.1, 0.15) is 16.9 Å². The fourth-order valence-corrected chi connectivity index (χ4v) is 0.736. The van der Waals surface area contributed by atoms with Gasteiger partial charge in [-0.3, -0.25) is 9.59 Å². The maximum absolute atomic E-state index is 10.9. The number of hydrogen-bond acceptors (Lipinski definition) is 2. The molecule has 0 aliphatic heterocycles. The van der Waals surface area contributed by atoms with Crippen LogP contribution < -0.4 is 0 Å². The molecule has 11 heavy (non-hydrogen) atoms. The van der Waals surface area contributed by atoms with Crippen LogP contribution >= 0.6 is 0 Å². The van der Waals surface area contributed by atoms with Crippen LogP contribution in [0.4, 0.5) is 0 Å². The number of Topliss-reactive ketones (excluding diaryl/α,β-unsaturated/α-hetero) is 1. The van der Waals surface area contributed by atoms with E-state index < -0.39 is 18.2 Å². The minimum Gasteiger partial charge on any atom is -0.481 e. The van der Waals surface area contributed by atoms with Crippen molar-refractivity contribution < 1.29 is 14.7 Å². The number of ketones is 1. The Morgan fingerprint density at radius 1 is 1.55 bits per heavy atom. The fourth-order valence-electron chi connectivity index (χ4n) is 0.736. The first-order valence-electron chi connectivity index (χ1n) is 3.08. The van der Waals surface area contributed by atoms with Gasteiger partial charge in [0.25, 0.3) is 0 Å². The summed E-state index contributed by atoms with van der Waals surface area (Å²) in [5.41, 5.74) is 0.340. The first-order chi connectivity index (χ1) is 5.20. The van der Waals surface area contributed by atoms with Crippen molar-refractivity contribution in [1.29, 1.82) is 0 Å². The quantitative estimate of drug-likeness (QED) is 0.495. The Labute approximate surface area is 62.9 Å². The smallest absolute Gasteiger partial charge is 0.311 e. The van der Waals surface area contributed by atoms with E-state index in [2.05, 4.69) is 4.98 Å². The summed E-state index contributed by atoms with van der Waals surface area (Å²) in [5.74, 6) is -1.51. The van der Waals surface area contributed by atoms with Crippen molar-refractivity contribution in [2.24, 2.45) is 0 Å². The Hall–Kier alpha value is -1.58. The van der Waals surface area contributed by atoms with E-state index in [4.69, 9.17) is 5.11 Å². The lowest BCUT2D eigenvalue weighted by molar-refractivity contribution is -0.135. The Kier molecular flexibility index (Phi) is 2.06. The fraction of sp³-hybridized carbons (Fsp3) is 0.143. The number of carbonyl (C=O) groups is 2. The van der Waals surface area contributed by atoms with Gasteiger partial charge in [0.15, 0.2) is 5.78 Å². The summed E-state index contributed by atoms with van der Waals surface area (Å²) in [6.45, 7) is 0. The van der Waals surface area contributed by atoms with Gasteiger partial charge in [0.2, 0.25) is 0 Å². The second-order valence-electron chi connectivity index (χ2n) is 2.08. The number of carbonyl (C=O) groups excluding carboxylic acids is 1. The topological polar surface area (TPSA) is 70.2 Å². The Balaban J connectivity index is 2.64. The third kappa shape index (κ3) is 1.93. The maximum atomic E-state index is 10.9. The molecule has 58 valence electrons. The predicted molar refractivity (Wildman–Crippen MR) is 37.4 cm³/mol. The lowest BCUT2D eigenvalue weighted by Crippen LogP contribution is -2.06. The van der Waals surface area contributed by atoms with Crippen LogP contribution in [-0.4, -0.2) is 21.8 Å². The van der Waals surface area contributed by atoms with Gasteiger partial charge in [-0.1, -0.05) is 0 Å². The Bertz CT molecular complexity index is 263. The zero-order chi connectivity index (χ0) is 8.27. The van der Waals surface area contributed by atoms with E-state index in [0.717, 1.165) is 0 Å². The molecule has 0 bridgehead atoms. The summed E-state index contributed by atoms with van der Waals surface area (Å²) in [6, 6.07) is 3.19. The minimum atomic E-state index is -1.11. The van der Waals surface area contributed by atoms with Crippen molar-refractivity contribution in [3.63, 3.8) is 0 Å². The second-order valence-corrected chi connectivity index (χ2v) is 2.08. The van der Waals surface area contributed by atoms with Crippen LogP contribution in [0.25, 0.3) is 0 Å². The molecular formula is C7H7NO3. The van der Waals surface area contributed by atoms with E-state index in [0.29, 0.717) is 5.69 Å². The number of aliphatic carboxylic acids is 1. The molecule has 0 radical (unpaired) electrons. The highest BCUT2D eigenvalue weighted by Crippen LogP contribution is 1.98. The maximum Gasteiger partial charge on any atom is 0.311 e. The molecule has 1 rings (SSSR count). The van der Waals surface area contributed by atoms with Gasteiger partial charge in [0, 0.05) is 6.20 Å². The molecule has 0 saturated carbocycles. The highest BCUT2D eigenvalue weighted by molar-refractivity contribution is 6.04. The molecule has 4 nitrogen and oxygen atoms in total. The van der Waals surface area contributed by atoms with Crippen molar-refractivity contribution in [2.45, 2.75) is 6.42 Å². The number of H-pyrrole nitrogens is 1. The number of carboxylic acid groups (broad SMARTS) is 1. The molecule has 0 saturated heterocycles. The molecule has 0 unspecified atom stereocenters. The first kappa shape index (κ1) is 7.53. The monoisotopic (exact) mass is 153 g/mol. The Morgan fingerprint density at radius 2 is 2.27 bits per heavy atom. The zero-order valence-corrected chi connectivity index (χ0v) is 5.70. The van der Waals surface area contributed by atoms with E-state index >= 15 is 0 Å². The van der Waals surface area contributed by atoms with Crippen LogP contribution in [0.5, 0.6) is 0 Å². The summed E-state index contributed by atoms with van der Waals surface area (Å²) in [5, 5.41) is 8.25. The van der Waals surface area contributed by atoms with Gasteiger partial charge in [0.05, 0.1) is 5.69 Å². The van der Waals surface area contributed by atoms with Crippen LogP contribution in [0.15, 0.2) is 18.3 Å². The normalized spacial score (nSPS) is 9.45. The van der Waals surface area contributed by atoms with Crippen molar-refractivity contribution in [2.75, 3.05) is 0 Å². The highest BCUT2D eigenvalue weighted by atomic mass is 16.4. The number of aromatic amines is 1. The number of nitrogens with one attached hydrogen (secondary N) is 1. The molecule has 0 amide bonds. The summed E-state index contributed by atoms with van der Waals surface area (Å²) in [4.78, 5) is 23.6. The SMILES string of the molecule is O=C(O)CC(=O)c1ccc[nH]1. The molecule has 0 spiro atoms. The molecule has 0 atom stereocenters. The molecule has 1 aromatic rings. The van der Waals surface area contributed by atoms with Gasteiger partial charge in [0.1, 0.15) is 6.42 Å². The molecular weight excluding hydrogens is 146 g/mol. The molecule has 0 aliphatic rings. The number of hydrogen-bond donors (Lipinski definition) is 2. The zero-order valence-electron chi connectivity index (χ0n) is 5.70. The first-order valence-corrected chi connectivity index (χ1v) is 3.08. The summed E-state index contributed by atoms with van der Waals surface area (Å²) in [7, 11) is 0. The van der Waals surface area contributed by atoms with Crippen molar-refractivity contribution in [3.05, 3.63) is 24.0 Å². The van der Waals surface area contributed by atoms with Gasteiger partial charge in [-0.05, 0) is 12.1 Å². The standard InChI is InChI=1S/C7H7NO3/c9-6(4-7(10)11)5-2-1-3-8-5/h1-3,8H,4H2,(H,10,11). The highest BCUT2D eigenvalue weighted by Gasteiger charge is 2.09. The Morgan fingerprint density at radius 3 is 2.73 bits per heavy atom. The lowest BCUT2D eigenvalue weighted by atomic mass is 10.2. The van der Waals surface area contributed by atoms with E-state index in [1.54, 1.807) is 18.3 Å². The van der Waals surface area contributed by atoms with Crippen molar-refractivity contribution in [1.82, 2.24) is 4.98 Å². The van der Waals surface area contributed by atoms with Crippen LogP contribution in [0.2, 0.25) is 0 Å². The largest absolute Gasteiger partial charge is 0.481 e. The molecule has 4 heteroatoms. The third-order valence-corrected chi connectivity index (χ3v) is 1.21. The summed E-state index contributed by atoms with van der Waals surface area (Å²) in [6.07, 6.45) is 1.12. The van der Waals surface area contributed by atoms with Gasteiger partial charge in [-0.15, -0.1) is 0 Å². The van der Waals surface area contributed by atoms with Crippen LogP contribution in [-0.2, 0) is 4.79 Å². The van der Waals surface area contributed by atoms with Gasteiger partial charge in [-0.25, -0.2) is 0 Å². The molecule has 0 fully saturated rings. The van der Waals surface area contributed by atoms with Crippen molar-refractivity contribution >= 4 is 11.8 Å². The summed E-state index contributed by atoms with van der Waals surface area (Å²) >= 11 is 0. The molecule has 1 heterocycles. The van der Waals surface area contributed by atoms with E-state index in [9.17, 15) is 9.59 Å². The minimum absolute atomic E-state index is 0.340. The summed E-state index contributed by atoms with van der Waals surface area (Å²) < 4.78 is 0. The van der Waals surface area contributed by atoms with Gasteiger partial charge >= 0.3 is 5.97 Å². The van der Waals surface area contributed by atoms with Gasteiger partial charge < -0.3 is 10.1 Å².